The normalized spacial score (nSPS) is 19.6. The van der Waals surface area contributed by atoms with Crippen LogP contribution in [0.2, 0.25) is 0 Å². The van der Waals surface area contributed by atoms with E-state index in [1.807, 2.05) is 35.2 Å². The average Bonchev–Trinajstić information content (AvgIpc) is 2.46. The van der Waals surface area contributed by atoms with Crippen LogP contribution < -0.4 is 10.2 Å². The van der Waals surface area contributed by atoms with Gasteiger partial charge in [-0.2, -0.15) is 0 Å². The number of carboxylic acid groups (broad SMARTS) is 1. The lowest BCUT2D eigenvalue weighted by Crippen LogP contribution is -2.55. The summed E-state index contributed by atoms with van der Waals surface area (Å²) in [6.07, 6.45) is 1.75. The van der Waals surface area contributed by atoms with Crippen LogP contribution in [-0.2, 0) is 4.79 Å². The first-order valence-corrected chi connectivity index (χ1v) is 6.30. The van der Waals surface area contributed by atoms with Gasteiger partial charge in [0, 0.05) is 25.0 Å². The molecule has 1 atom stereocenters. The van der Waals surface area contributed by atoms with E-state index in [-0.39, 0.29) is 0 Å². The molecule has 1 fully saturated rings. The number of fused-ring (bicyclic) bond motifs is 1. The highest BCUT2D eigenvalue weighted by atomic mass is 16.4. The van der Waals surface area contributed by atoms with Gasteiger partial charge in [-0.05, 0) is 12.1 Å². The van der Waals surface area contributed by atoms with Gasteiger partial charge in [-0.3, -0.25) is 4.98 Å². The van der Waals surface area contributed by atoms with Crippen LogP contribution in [0.4, 0.5) is 5.69 Å². The van der Waals surface area contributed by atoms with E-state index in [0.29, 0.717) is 13.1 Å². The Bertz CT molecular complexity index is 614. The molecule has 1 aromatic carbocycles. The fourth-order valence-corrected chi connectivity index (χ4v) is 2.45. The number of para-hydroxylation sites is 1. The molecule has 1 aliphatic heterocycles. The van der Waals surface area contributed by atoms with Gasteiger partial charge in [0.2, 0.25) is 0 Å². The lowest BCUT2D eigenvalue weighted by Gasteiger charge is -2.35. The van der Waals surface area contributed by atoms with E-state index >= 15 is 0 Å². The molecule has 0 saturated carbocycles. The van der Waals surface area contributed by atoms with Crippen molar-refractivity contribution in [3.8, 4) is 0 Å². The molecule has 5 nitrogen and oxygen atoms in total. The molecular formula is C14H15N3O2. The van der Waals surface area contributed by atoms with Crippen molar-refractivity contribution in [1.82, 2.24) is 10.3 Å². The van der Waals surface area contributed by atoms with Crippen LogP contribution >= 0.6 is 0 Å². The van der Waals surface area contributed by atoms with Crippen molar-refractivity contribution in [2.75, 3.05) is 24.5 Å². The van der Waals surface area contributed by atoms with Crippen molar-refractivity contribution in [2.24, 2.45) is 0 Å². The minimum Gasteiger partial charge on any atom is -0.480 e. The van der Waals surface area contributed by atoms with E-state index in [4.69, 9.17) is 0 Å². The summed E-state index contributed by atoms with van der Waals surface area (Å²) in [5, 5.41) is 13.4. The number of carboxylic acids is 1. The predicted molar refractivity (Wildman–Crippen MR) is 73.4 cm³/mol. The van der Waals surface area contributed by atoms with Gasteiger partial charge in [0.05, 0.1) is 17.4 Å². The quantitative estimate of drug-likeness (QED) is 0.843. The lowest BCUT2D eigenvalue weighted by molar-refractivity contribution is -0.138. The number of rotatable bonds is 2. The van der Waals surface area contributed by atoms with Crippen LogP contribution in [0.15, 0.2) is 36.5 Å². The zero-order chi connectivity index (χ0) is 13.2. The number of aromatic nitrogens is 1. The Kier molecular flexibility index (Phi) is 3.05. The Hall–Kier alpha value is -2.14. The molecule has 2 aromatic rings. The zero-order valence-electron chi connectivity index (χ0n) is 10.4. The topological polar surface area (TPSA) is 65.5 Å². The summed E-state index contributed by atoms with van der Waals surface area (Å²) in [4.78, 5) is 17.6. The fraction of sp³-hybridized carbons (Fsp3) is 0.286. The molecular weight excluding hydrogens is 242 g/mol. The van der Waals surface area contributed by atoms with Gasteiger partial charge in [0.15, 0.2) is 0 Å². The summed E-state index contributed by atoms with van der Waals surface area (Å²) in [5.41, 5.74) is 1.79. The third kappa shape index (κ3) is 2.24. The largest absolute Gasteiger partial charge is 0.480 e. The number of anilines is 1. The number of pyridine rings is 1. The molecule has 1 aromatic heterocycles. The molecule has 0 radical (unpaired) electrons. The van der Waals surface area contributed by atoms with Crippen LogP contribution in [0, 0.1) is 0 Å². The second-order valence-corrected chi connectivity index (χ2v) is 4.64. The molecule has 0 amide bonds. The second-order valence-electron chi connectivity index (χ2n) is 4.64. The molecule has 0 spiro atoms. The number of hydrogen-bond donors (Lipinski definition) is 2. The molecule has 19 heavy (non-hydrogen) atoms. The number of hydrogen-bond acceptors (Lipinski definition) is 4. The van der Waals surface area contributed by atoms with Gasteiger partial charge in [-0.15, -0.1) is 0 Å². The van der Waals surface area contributed by atoms with Crippen molar-refractivity contribution >= 4 is 22.6 Å². The number of nitrogens with one attached hydrogen (secondary N) is 1. The summed E-state index contributed by atoms with van der Waals surface area (Å²) in [7, 11) is 0. The molecule has 3 rings (SSSR count). The lowest BCUT2D eigenvalue weighted by atomic mass is 10.1. The average molecular weight is 257 g/mol. The van der Waals surface area contributed by atoms with Gasteiger partial charge < -0.3 is 15.3 Å². The third-order valence-corrected chi connectivity index (χ3v) is 3.44. The van der Waals surface area contributed by atoms with Gasteiger partial charge in [-0.25, -0.2) is 4.79 Å². The Labute approximate surface area is 110 Å². The molecule has 0 bridgehead atoms. The fourth-order valence-electron chi connectivity index (χ4n) is 2.45. The molecule has 0 aliphatic carbocycles. The molecule has 2 heterocycles. The second kappa shape index (κ2) is 4.85. The van der Waals surface area contributed by atoms with Gasteiger partial charge in [-0.1, -0.05) is 18.2 Å². The van der Waals surface area contributed by atoms with Crippen LogP contribution in [0.5, 0.6) is 0 Å². The highest BCUT2D eigenvalue weighted by Crippen LogP contribution is 2.22. The Balaban J connectivity index is 1.99. The van der Waals surface area contributed by atoms with E-state index in [2.05, 4.69) is 10.3 Å². The maximum Gasteiger partial charge on any atom is 0.327 e. The van der Waals surface area contributed by atoms with E-state index < -0.39 is 12.0 Å². The van der Waals surface area contributed by atoms with E-state index in [0.717, 1.165) is 23.1 Å². The molecule has 1 unspecified atom stereocenters. The van der Waals surface area contributed by atoms with Crippen molar-refractivity contribution in [2.45, 2.75) is 6.04 Å². The zero-order valence-corrected chi connectivity index (χ0v) is 10.4. The predicted octanol–water partition coefficient (Wildman–Crippen LogP) is 1.10. The van der Waals surface area contributed by atoms with Gasteiger partial charge >= 0.3 is 5.97 Å². The first kappa shape index (κ1) is 11.9. The highest BCUT2D eigenvalue weighted by molar-refractivity contribution is 5.84. The van der Waals surface area contributed by atoms with Gasteiger partial charge in [0.25, 0.3) is 0 Å². The smallest absolute Gasteiger partial charge is 0.327 e. The Morgan fingerprint density at radius 2 is 2.26 bits per heavy atom. The highest BCUT2D eigenvalue weighted by Gasteiger charge is 2.28. The SMILES string of the molecule is O=C(O)C1CNCCN1c1cnc2ccccc2c1. The molecule has 1 aliphatic rings. The van der Waals surface area contributed by atoms with E-state index in [9.17, 15) is 9.90 Å². The van der Waals surface area contributed by atoms with Crippen molar-refractivity contribution < 1.29 is 9.90 Å². The third-order valence-electron chi connectivity index (χ3n) is 3.44. The Morgan fingerprint density at radius 1 is 1.42 bits per heavy atom. The summed E-state index contributed by atoms with van der Waals surface area (Å²) < 4.78 is 0. The standard InChI is InChI=1S/C14H15N3O2/c18-14(19)13-9-15-5-6-17(13)11-7-10-3-1-2-4-12(10)16-8-11/h1-4,7-8,13,15H,5-6,9H2,(H,18,19). The van der Waals surface area contributed by atoms with Crippen LogP contribution in [0.3, 0.4) is 0 Å². The first-order valence-electron chi connectivity index (χ1n) is 6.30. The number of piperazine rings is 1. The summed E-state index contributed by atoms with van der Waals surface area (Å²) >= 11 is 0. The molecule has 1 saturated heterocycles. The summed E-state index contributed by atoms with van der Waals surface area (Å²) in [6.45, 7) is 1.93. The van der Waals surface area contributed by atoms with Crippen LogP contribution in [-0.4, -0.2) is 41.7 Å². The number of aliphatic carboxylic acids is 1. The van der Waals surface area contributed by atoms with Crippen molar-refractivity contribution in [3.63, 3.8) is 0 Å². The maximum atomic E-state index is 11.3. The summed E-state index contributed by atoms with van der Waals surface area (Å²) in [5.74, 6) is -0.805. The molecule has 5 heteroatoms. The minimum atomic E-state index is -0.805. The minimum absolute atomic E-state index is 0.460. The maximum absolute atomic E-state index is 11.3. The van der Waals surface area contributed by atoms with Crippen molar-refractivity contribution in [1.29, 1.82) is 0 Å². The van der Waals surface area contributed by atoms with Crippen LogP contribution in [0.1, 0.15) is 0 Å². The monoisotopic (exact) mass is 257 g/mol. The first-order chi connectivity index (χ1) is 9.25. The van der Waals surface area contributed by atoms with Crippen LogP contribution in [0.25, 0.3) is 10.9 Å². The number of benzene rings is 1. The Morgan fingerprint density at radius 3 is 3.11 bits per heavy atom. The van der Waals surface area contributed by atoms with Crippen molar-refractivity contribution in [3.05, 3.63) is 36.5 Å². The molecule has 2 N–H and O–H groups in total. The molecule has 98 valence electrons. The van der Waals surface area contributed by atoms with E-state index in [1.165, 1.54) is 0 Å². The number of carbonyl (C=O) groups is 1. The summed E-state index contributed by atoms with van der Waals surface area (Å²) in [6, 6.07) is 9.32. The number of nitrogens with zero attached hydrogens (tertiary/aromatic N) is 2. The van der Waals surface area contributed by atoms with E-state index in [1.54, 1.807) is 6.20 Å². The van der Waals surface area contributed by atoms with Gasteiger partial charge in [0.1, 0.15) is 6.04 Å².